The highest BCUT2D eigenvalue weighted by atomic mass is 35.5. The number of aliphatic hydroxyl groups excluding tert-OH is 2. The summed E-state index contributed by atoms with van der Waals surface area (Å²) in [7, 11) is 1.38. The van der Waals surface area contributed by atoms with Gasteiger partial charge in [-0.2, -0.15) is 0 Å². The van der Waals surface area contributed by atoms with Crippen LogP contribution in [0.1, 0.15) is 71.1 Å². The van der Waals surface area contributed by atoms with Crippen LogP contribution in [0.2, 0.25) is 0 Å². The van der Waals surface area contributed by atoms with E-state index in [1.165, 1.54) is 13.5 Å². The van der Waals surface area contributed by atoms with Gasteiger partial charge in [-0.3, -0.25) is 4.79 Å². The van der Waals surface area contributed by atoms with Crippen LogP contribution in [0.15, 0.2) is 30.0 Å². The monoisotopic (exact) mass is 424 g/mol. The number of hydrogen-bond donors (Lipinski definition) is 2. The second-order valence-electron chi connectivity index (χ2n) is 8.63. The van der Waals surface area contributed by atoms with Crippen LogP contribution < -0.4 is 0 Å². The number of carbonyl (C=O) groups excluding carboxylic acids is 1. The summed E-state index contributed by atoms with van der Waals surface area (Å²) >= 11 is 6.50. The van der Waals surface area contributed by atoms with Crippen LogP contribution in [0.4, 0.5) is 0 Å². The fraction of sp³-hybridized carbons (Fsp3) is 0.750. The average molecular weight is 425 g/mol. The molecule has 0 aliphatic heterocycles. The lowest BCUT2D eigenvalue weighted by molar-refractivity contribution is -0.140. The highest BCUT2D eigenvalue weighted by Gasteiger charge is 2.43. The number of hydrogen-bond acceptors (Lipinski definition) is 4. The minimum Gasteiger partial charge on any atom is -0.469 e. The molecule has 0 amide bonds. The van der Waals surface area contributed by atoms with Crippen molar-refractivity contribution in [1.82, 2.24) is 0 Å². The number of alkyl halides is 1. The van der Waals surface area contributed by atoms with Gasteiger partial charge in [-0.05, 0) is 62.0 Å². The first kappa shape index (κ1) is 24.2. The van der Waals surface area contributed by atoms with Gasteiger partial charge >= 0.3 is 5.97 Å². The second-order valence-corrected chi connectivity index (χ2v) is 9.20. The third-order valence-electron chi connectivity index (χ3n) is 6.74. The molecule has 2 aliphatic carbocycles. The van der Waals surface area contributed by atoms with Crippen LogP contribution >= 0.6 is 11.6 Å². The third kappa shape index (κ3) is 6.72. The van der Waals surface area contributed by atoms with E-state index >= 15 is 0 Å². The molecule has 29 heavy (non-hydrogen) atoms. The lowest BCUT2D eigenvalue weighted by Gasteiger charge is -2.45. The van der Waals surface area contributed by atoms with Crippen molar-refractivity contribution in [1.29, 1.82) is 0 Å². The van der Waals surface area contributed by atoms with Gasteiger partial charge in [0.15, 0.2) is 0 Å². The zero-order valence-corrected chi connectivity index (χ0v) is 18.6. The molecule has 5 atom stereocenters. The quantitative estimate of drug-likeness (QED) is 0.214. The number of halogens is 1. The summed E-state index contributed by atoms with van der Waals surface area (Å²) in [5, 5.41) is 21.2. The van der Waals surface area contributed by atoms with Crippen LogP contribution in [0.25, 0.3) is 0 Å². The molecular weight excluding hydrogens is 388 g/mol. The van der Waals surface area contributed by atoms with E-state index in [0.29, 0.717) is 25.7 Å². The fourth-order valence-corrected chi connectivity index (χ4v) is 5.07. The molecule has 164 valence electrons. The number of carbonyl (C=O) groups is 1. The van der Waals surface area contributed by atoms with E-state index in [2.05, 4.69) is 17.4 Å². The predicted octanol–water partition coefficient (Wildman–Crippen LogP) is 4.92. The average Bonchev–Trinajstić information content (AvgIpc) is 2.94. The summed E-state index contributed by atoms with van der Waals surface area (Å²) in [6.07, 6.45) is 15.7. The summed E-state index contributed by atoms with van der Waals surface area (Å²) in [6.45, 7) is 2.19. The Balaban J connectivity index is 1.94. The standard InChI is InChI=1S/C24H37ClO4/c1-3-4-14-24(15-9-16-24)22(27)13-12-19-18(20(25)17-21(19)26)10-7-5-6-8-11-23(28)29-2/h6-7,12-13,18-22,26-27H,3-4,8-11,14-17H2,1-2H3/t5?,18-,19-,20-,21-,22?/m1/s1. The number of rotatable bonds is 11. The van der Waals surface area contributed by atoms with Crippen molar-refractivity contribution in [2.45, 2.75) is 88.7 Å². The SMILES string of the molecule is CCCCC1(C(O)C=C[C@@H]2[C@@H](CC=C=CCCC(=O)OC)[C@H](Cl)C[C@H]2O)CCC1. The van der Waals surface area contributed by atoms with Gasteiger partial charge in [0, 0.05) is 17.7 Å². The van der Waals surface area contributed by atoms with Crippen LogP contribution in [0.5, 0.6) is 0 Å². The molecular formula is C24H37ClO4. The Morgan fingerprint density at radius 2 is 2.14 bits per heavy atom. The molecule has 0 radical (unpaired) electrons. The maximum absolute atomic E-state index is 11.1. The van der Waals surface area contributed by atoms with Crippen molar-refractivity contribution in [3.8, 4) is 0 Å². The molecule has 1 unspecified atom stereocenters. The van der Waals surface area contributed by atoms with Gasteiger partial charge in [-0.1, -0.05) is 38.3 Å². The largest absolute Gasteiger partial charge is 0.469 e. The van der Waals surface area contributed by atoms with Crippen LogP contribution in [-0.2, 0) is 9.53 Å². The van der Waals surface area contributed by atoms with Crippen molar-refractivity contribution < 1.29 is 19.7 Å². The smallest absolute Gasteiger partial charge is 0.305 e. The number of esters is 1. The van der Waals surface area contributed by atoms with Crippen molar-refractivity contribution in [3.05, 3.63) is 30.0 Å². The van der Waals surface area contributed by atoms with E-state index in [0.717, 1.165) is 32.1 Å². The molecule has 0 aromatic carbocycles. The van der Waals surface area contributed by atoms with Crippen molar-refractivity contribution in [2.24, 2.45) is 17.3 Å². The third-order valence-corrected chi connectivity index (χ3v) is 7.24. The van der Waals surface area contributed by atoms with E-state index < -0.39 is 12.2 Å². The number of aliphatic hydroxyl groups is 2. The van der Waals surface area contributed by atoms with Gasteiger partial charge in [-0.25, -0.2) is 0 Å². The second kappa shape index (κ2) is 12.0. The van der Waals surface area contributed by atoms with Crippen molar-refractivity contribution in [3.63, 3.8) is 0 Å². The van der Waals surface area contributed by atoms with Crippen molar-refractivity contribution >= 4 is 17.6 Å². The van der Waals surface area contributed by atoms with Gasteiger partial charge in [0.05, 0.1) is 19.3 Å². The van der Waals surface area contributed by atoms with E-state index in [1.54, 1.807) is 0 Å². The van der Waals surface area contributed by atoms with Crippen LogP contribution in [0.3, 0.4) is 0 Å². The molecule has 4 nitrogen and oxygen atoms in total. The van der Waals surface area contributed by atoms with Gasteiger partial charge in [0.1, 0.15) is 0 Å². The number of unbranched alkanes of at least 4 members (excludes halogenated alkanes) is 1. The molecule has 0 aromatic rings. The Morgan fingerprint density at radius 3 is 2.76 bits per heavy atom. The minimum absolute atomic E-state index is 0.0359. The number of allylic oxidation sites excluding steroid dienone is 1. The molecule has 0 aromatic heterocycles. The Labute approximate surface area is 180 Å². The van der Waals surface area contributed by atoms with Gasteiger partial charge in [0.2, 0.25) is 0 Å². The predicted molar refractivity (Wildman–Crippen MR) is 117 cm³/mol. The summed E-state index contributed by atoms with van der Waals surface area (Å²) in [4.78, 5) is 11.1. The Bertz CT molecular complexity index is 604. The molecule has 0 bridgehead atoms. The first-order valence-electron chi connectivity index (χ1n) is 11.1. The van der Waals surface area contributed by atoms with E-state index in [4.69, 9.17) is 11.6 Å². The Kier molecular flexibility index (Phi) is 9.98. The molecule has 2 N–H and O–H groups in total. The van der Waals surface area contributed by atoms with E-state index in [-0.39, 0.29) is 28.6 Å². The van der Waals surface area contributed by atoms with Crippen LogP contribution in [0, 0.1) is 17.3 Å². The molecule has 0 heterocycles. The first-order valence-corrected chi connectivity index (χ1v) is 11.5. The highest BCUT2D eigenvalue weighted by Crippen LogP contribution is 2.49. The summed E-state index contributed by atoms with van der Waals surface area (Å²) in [6, 6.07) is 0. The zero-order valence-electron chi connectivity index (χ0n) is 17.9. The molecule has 2 rings (SSSR count). The molecule has 2 aliphatic rings. The highest BCUT2D eigenvalue weighted by molar-refractivity contribution is 6.21. The fourth-order valence-electron chi connectivity index (χ4n) is 4.62. The van der Waals surface area contributed by atoms with Gasteiger partial charge in [-0.15, -0.1) is 17.3 Å². The molecule has 0 saturated heterocycles. The molecule has 2 saturated carbocycles. The summed E-state index contributed by atoms with van der Waals surface area (Å²) in [5.41, 5.74) is 3.14. The maximum atomic E-state index is 11.1. The maximum Gasteiger partial charge on any atom is 0.305 e. The summed E-state index contributed by atoms with van der Waals surface area (Å²) < 4.78 is 4.61. The Hall–Kier alpha value is -1.06. The normalized spacial score (nSPS) is 29.1. The molecule has 2 fully saturated rings. The minimum atomic E-state index is -0.476. The Morgan fingerprint density at radius 1 is 1.38 bits per heavy atom. The lowest BCUT2D eigenvalue weighted by atomic mass is 9.62. The number of methoxy groups -OCH3 is 1. The van der Waals surface area contributed by atoms with Gasteiger partial charge < -0.3 is 14.9 Å². The van der Waals surface area contributed by atoms with Crippen molar-refractivity contribution in [2.75, 3.05) is 7.11 Å². The van der Waals surface area contributed by atoms with E-state index in [9.17, 15) is 15.0 Å². The van der Waals surface area contributed by atoms with Crippen LogP contribution in [-0.4, -0.2) is 40.9 Å². The number of ether oxygens (including phenoxy) is 1. The lowest BCUT2D eigenvalue weighted by Crippen LogP contribution is -2.40. The summed E-state index contributed by atoms with van der Waals surface area (Å²) in [5.74, 6) is -0.164. The molecule has 5 heteroatoms. The zero-order chi connectivity index (χ0) is 21.3. The molecule has 0 spiro atoms. The first-order chi connectivity index (χ1) is 13.9. The van der Waals surface area contributed by atoms with E-state index in [1.807, 2.05) is 24.3 Å². The van der Waals surface area contributed by atoms with Gasteiger partial charge in [0.25, 0.3) is 0 Å². The topological polar surface area (TPSA) is 66.8 Å².